The van der Waals surface area contributed by atoms with E-state index >= 15 is 0 Å². The molecule has 3 aromatic carbocycles. The number of non-ortho nitro benzene ring substituents is 1. The average molecular weight is 531 g/mol. The maximum atomic E-state index is 12.6. The van der Waals surface area contributed by atoms with Gasteiger partial charge in [-0.2, -0.15) is 10.2 Å². The van der Waals surface area contributed by atoms with Gasteiger partial charge in [-0.3, -0.25) is 14.9 Å². The zero-order valence-corrected chi connectivity index (χ0v) is 20.8. The molecule has 0 bridgehead atoms. The van der Waals surface area contributed by atoms with Crippen LogP contribution in [0.1, 0.15) is 39.6 Å². The lowest BCUT2D eigenvalue weighted by Gasteiger charge is -2.21. The number of nitrogens with one attached hydrogen (secondary N) is 1. The first-order valence-corrected chi connectivity index (χ1v) is 12.4. The molecular weight excluding hydrogens is 512 g/mol. The summed E-state index contributed by atoms with van der Waals surface area (Å²) in [5, 5.41) is 24.3. The lowest BCUT2D eigenvalue weighted by atomic mass is 9.99. The van der Waals surface area contributed by atoms with Crippen molar-refractivity contribution < 1.29 is 9.72 Å². The summed E-state index contributed by atoms with van der Waals surface area (Å²) in [6.45, 7) is 0. The van der Waals surface area contributed by atoms with E-state index in [1.54, 1.807) is 17.5 Å². The second-order valence-electron chi connectivity index (χ2n) is 8.09. The number of carbonyl (C=O) groups excluding carboxylic acids is 1. The third-order valence-electron chi connectivity index (χ3n) is 5.68. The highest BCUT2D eigenvalue weighted by molar-refractivity contribution is 7.14. The molecule has 0 radical (unpaired) electrons. The van der Waals surface area contributed by atoms with E-state index in [1.807, 2.05) is 59.6 Å². The first kappa shape index (κ1) is 24.3. The smallest absolute Gasteiger partial charge is 0.266 e. The molecule has 1 aromatic heterocycles. The summed E-state index contributed by atoms with van der Waals surface area (Å²) in [4.78, 5) is 27.5. The van der Waals surface area contributed by atoms with Gasteiger partial charge in [0.25, 0.3) is 11.6 Å². The number of nitro groups is 1. The van der Waals surface area contributed by atoms with Gasteiger partial charge in [0, 0.05) is 29.0 Å². The number of carbonyl (C=O) groups is 1. The number of hydrogen-bond donors (Lipinski definition) is 1. The molecule has 2 heterocycles. The van der Waals surface area contributed by atoms with Crippen LogP contribution in [0.4, 0.5) is 10.8 Å². The van der Waals surface area contributed by atoms with Crippen LogP contribution >= 0.6 is 22.9 Å². The first-order valence-electron chi connectivity index (χ1n) is 11.2. The topological polar surface area (TPSA) is 113 Å². The minimum atomic E-state index is -0.479. The van der Waals surface area contributed by atoms with Crippen molar-refractivity contribution in [3.05, 3.63) is 122 Å². The molecule has 184 valence electrons. The fraction of sp³-hybridized carbons (Fsp3) is 0.0769. The highest BCUT2D eigenvalue weighted by atomic mass is 35.5. The molecule has 37 heavy (non-hydrogen) atoms. The number of hydrazone groups is 2. The Balaban J connectivity index is 1.34. The first-order chi connectivity index (χ1) is 18.0. The number of nitro benzene ring substituents is 1. The third-order valence-corrected chi connectivity index (χ3v) is 6.76. The Morgan fingerprint density at radius 3 is 2.54 bits per heavy atom. The summed E-state index contributed by atoms with van der Waals surface area (Å²) in [5.41, 5.74) is 6.23. The van der Waals surface area contributed by atoms with Gasteiger partial charge >= 0.3 is 0 Å². The SMILES string of the molecule is O=C(NN=Cc1ccc([N+](=O)[O-])cc1)c1csc(N2N=C(c3ccccc3)CC2c2ccc(Cl)cc2)n1. The number of rotatable bonds is 7. The quantitative estimate of drug-likeness (QED) is 0.184. The fourth-order valence-corrected chi connectivity index (χ4v) is 4.74. The van der Waals surface area contributed by atoms with E-state index < -0.39 is 10.8 Å². The Morgan fingerprint density at radius 1 is 1.11 bits per heavy atom. The van der Waals surface area contributed by atoms with Crippen molar-refractivity contribution in [2.75, 3.05) is 5.01 Å². The third kappa shape index (κ3) is 5.55. The number of hydrogen-bond acceptors (Lipinski definition) is 8. The molecule has 4 aromatic rings. The number of nitrogens with zero attached hydrogens (tertiary/aromatic N) is 5. The normalized spacial score (nSPS) is 15.1. The van der Waals surface area contributed by atoms with Crippen molar-refractivity contribution in [2.24, 2.45) is 10.2 Å². The molecule has 0 spiro atoms. The Hall–Kier alpha value is -4.41. The molecule has 1 N–H and O–H groups in total. The van der Waals surface area contributed by atoms with Gasteiger partial charge < -0.3 is 0 Å². The lowest BCUT2D eigenvalue weighted by Crippen LogP contribution is -2.20. The maximum Gasteiger partial charge on any atom is 0.290 e. The number of thiazole rings is 1. The van der Waals surface area contributed by atoms with Crippen molar-refractivity contribution in [3.8, 4) is 0 Å². The summed E-state index contributed by atoms with van der Waals surface area (Å²) in [7, 11) is 0. The maximum absolute atomic E-state index is 12.6. The summed E-state index contributed by atoms with van der Waals surface area (Å²) in [6.07, 6.45) is 2.08. The van der Waals surface area contributed by atoms with Gasteiger partial charge in [0.2, 0.25) is 5.13 Å². The highest BCUT2D eigenvalue weighted by Crippen LogP contribution is 2.38. The molecule has 1 aliphatic heterocycles. The molecular formula is C26H19ClN6O3S. The van der Waals surface area contributed by atoms with Crippen LogP contribution < -0.4 is 10.4 Å². The molecule has 0 saturated carbocycles. The number of aromatic nitrogens is 1. The van der Waals surface area contributed by atoms with Crippen molar-refractivity contribution in [1.82, 2.24) is 10.4 Å². The van der Waals surface area contributed by atoms with Crippen molar-refractivity contribution in [2.45, 2.75) is 12.5 Å². The Labute approximate surface area is 220 Å². The van der Waals surface area contributed by atoms with Crippen LogP contribution in [-0.4, -0.2) is 27.7 Å². The zero-order valence-electron chi connectivity index (χ0n) is 19.2. The second kappa shape index (κ2) is 10.7. The van der Waals surface area contributed by atoms with Gasteiger partial charge in [0.15, 0.2) is 0 Å². The van der Waals surface area contributed by atoms with Crippen LogP contribution in [0.5, 0.6) is 0 Å². The van der Waals surface area contributed by atoms with Gasteiger partial charge in [-0.1, -0.05) is 54.1 Å². The van der Waals surface area contributed by atoms with Gasteiger partial charge in [0.1, 0.15) is 5.69 Å². The number of amides is 1. The molecule has 1 atom stereocenters. The van der Waals surface area contributed by atoms with Gasteiger partial charge in [-0.25, -0.2) is 15.4 Å². The summed E-state index contributed by atoms with van der Waals surface area (Å²) in [6, 6.07) is 23.3. The molecule has 0 aliphatic carbocycles. The standard InChI is InChI=1S/C26H19ClN6O3S/c27-20-10-8-19(9-11-20)24-14-22(18-4-2-1-3-5-18)31-32(24)26-29-23(16-37-26)25(34)30-28-15-17-6-12-21(13-7-17)33(35)36/h1-13,15-16,24H,14H2,(H,30,34). The van der Waals surface area contributed by atoms with Crippen molar-refractivity contribution >= 4 is 51.6 Å². The Kier molecular flexibility index (Phi) is 7.02. The van der Waals surface area contributed by atoms with Gasteiger partial charge in [-0.15, -0.1) is 11.3 Å². The molecule has 0 saturated heterocycles. The Bertz CT molecular complexity index is 1490. The molecule has 1 aliphatic rings. The van der Waals surface area contributed by atoms with E-state index in [0.717, 1.165) is 16.8 Å². The number of anilines is 1. The van der Waals surface area contributed by atoms with E-state index in [0.29, 0.717) is 22.1 Å². The van der Waals surface area contributed by atoms with E-state index in [9.17, 15) is 14.9 Å². The number of benzene rings is 3. The monoisotopic (exact) mass is 530 g/mol. The van der Waals surface area contributed by atoms with Crippen LogP contribution in [0.2, 0.25) is 5.02 Å². The minimum absolute atomic E-state index is 0.0203. The second-order valence-corrected chi connectivity index (χ2v) is 9.36. The number of halogens is 1. The Morgan fingerprint density at radius 2 is 1.84 bits per heavy atom. The largest absolute Gasteiger partial charge is 0.290 e. The van der Waals surface area contributed by atoms with E-state index in [2.05, 4.69) is 15.5 Å². The average Bonchev–Trinajstić information content (AvgIpc) is 3.58. The molecule has 9 nitrogen and oxygen atoms in total. The fourth-order valence-electron chi connectivity index (χ4n) is 3.81. The van der Waals surface area contributed by atoms with Crippen LogP contribution in [0, 0.1) is 10.1 Å². The molecule has 5 rings (SSSR count). The van der Waals surface area contributed by atoms with Crippen LogP contribution in [-0.2, 0) is 0 Å². The predicted molar refractivity (Wildman–Crippen MR) is 145 cm³/mol. The van der Waals surface area contributed by atoms with E-state index in [-0.39, 0.29) is 17.4 Å². The van der Waals surface area contributed by atoms with Crippen LogP contribution in [0.15, 0.2) is 94.4 Å². The van der Waals surface area contributed by atoms with E-state index in [1.165, 1.54) is 29.7 Å². The summed E-state index contributed by atoms with van der Waals surface area (Å²) in [5.74, 6) is -0.477. The molecule has 11 heteroatoms. The van der Waals surface area contributed by atoms with Gasteiger partial charge in [0.05, 0.1) is 22.9 Å². The molecule has 1 amide bonds. The van der Waals surface area contributed by atoms with Gasteiger partial charge in [-0.05, 0) is 41.0 Å². The van der Waals surface area contributed by atoms with Crippen molar-refractivity contribution in [1.29, 1.82) is 0 Å². The lowest BCUT2D eigenvalue weighted by molar-refractivity contribution is -0.384. The predicted octanol–water partition coefficient (Wildman–Crippen LogP) is 5.82. The zero-order chi connectivity index (χ0) is 25.8. The molecule has 0 fully saturated rings. The van der Waals surface area contributed by atoms with Crippen LogP contribution in [0.3, 0.4) is 0 Å². The van der Waals surface area contributed by atoms with E-state index in [4.69, 9.17) is 16.7 Å². The van der Waals surface area contributed by atoms with Crippen molar-refractivity contribution in [3.63, 3.8) is 0 Å². The summed E-state index contributed by atoms with van der Waals surface area (Å²) >= 11 is 7.41. The summed E-state index contributed by atoms with van der Waals surface area (Å²) < 4.78 is 0. The minimum Gasteiger partial charge on any atom is -0.266 e. The molecule has 1 unspecified atom stereocenters. The highest BCUT2D eigenvalue weighted by Gasteiger charge is 2.32. The van der Waals surface area contributed by atoms with Crippen LogP contribution in [0.25, 0.3) is 0 Å².